The molecule has 1 aliphatic heterocycles. The van der Waals surface area contributed by atoms with Crippen molar-refractivity contribution in [3.8, 4) is 0 Å². The van der Waals surface area contributed by atoms with Crippen molar-refractivity contribution in [2.75, 3.05) is 13.1 Å². The van der Waals surface area contributed by atoms with E-state index in [0.717, 1.165) is 24.6 Å². The van der Waals surface area contributed by atoms with E-state index in [0.29, 0.717) is 12.1 Å². The van der Waals surface area contributed by atoms with E-state index in [1.165, 1.54) is 17.7 Å². The Hall–Kier alpha value is -2.00. The Morgan fingerprint density at radius 2 is 2.05 bits per heavy atom. The Morgan fingerprint density at radius 3 is 2.86 bits per heavy atom. The maximum absolute atomic E-state index is 14.0. The fourth-order valence-corrected chi connectivity index (χ4v) is 3.05. The number of rotatable bonds is 3. The van der Waals surface area contributed by atoms with Crippen LogP contribution in [-0.2, 0) is 0 Å². The summed E-state index contributed by atoms with van der Waals surface area (Å²) in [6, 6.07) is 3.80. The van der Waals surface area contributed by atoms with Crippen LogP contribution in [0.25, 0.3) is 5.57 Å². The van der Waals surface area contributed by atoms with E-state index in [9.17, 15) is 8.78 Å². The summed E-state index contributed by atoms with van der Waals surface area (Å²) in [6.45, 7) is 3.60. The van der Waals surface area contributed by atoms with Gasteiger partial charge in [0.15, 0.2) is 0 Å². The molecule has 0 saturated carbocycles. The van der Waals surface area contributed by atoms with Crippen molar-refractivity contribution in [1.29, 1.82) is 0 Å². The highest BCUT2D eigenvalue weighted by Gasteiger charge is 2.27. The standard InChI is InChI=1S/C19H19F2N/c1-2-22-13-15(17-12-16(20)9-10-18(17)21)11-19(22)14-7-5-3-4-6-8-14/h3-7,9-12,19H,2,8,13H2,1H3/t19-/m0/s1. The Kier molecular flexibility index (Phi) is 4.34. The number of hydrogen-bond acceptors (Lipinski definition) is 1. The molecular formula is C19H19F2N. The van der Waals surface area contributed by atoms with Gasteiger partial charge in [0.25, 0.3) is 0 Å². The first-order valence-corrected chi connectivity index (χ1v) is 7.61. The van der Waals surface area contributed by atoms with Gasteiger partial charge in [-0.25, -0.2) is 8.78 Å². The fraction of sp³-hybridized carbons (Fsp3) is 0.263. The molecule has 22 heavy (non-hydrogen) atoms. The minimum Gasteiger partial charge on any atom is -0.289 e. The molecule has 1 heterocycles. The summed E-state index contributed by atoms with van der Waals surface area (Å²) in [4.78, 5) is 2.28. The molecule has 0 radical (unpaired) electrons. The third-order valence-corrected chi connectivity index (χ3v) is 4.21. The number of benzene rings is 1. The zero-order valence-electron chi connectivity index (χ0n) is 12.6. The molecule has 0 spiro atoms. The average molecular weight is 299 g/mol. The molecule has 0 aromatic heterocycles. The first-order chi connectivity index (χ1) is 10.7. The first kappa shape index (κ1) is 14.9. The quantitative estimate of drug-likeness (QED) is 0.794. The van der Waals surface area contributed by atoms with Crippen LogP contribution in [0.1, 0.15) is 18.9 Å². The van der Waals surface area contributed by atoms with Gasteiger partial charge in [-0.05, 0) is 42.3 Å². The maximum Gasteiger partial charge on any atom is 0.130 e. The van der Waals surface area contributed by atoms with E-state index < -0.39 is 5.82 Å². The molecule has 0 unspecified atom stereocenters. The molecule has 3 heteroatoms. The third kappa shape index (κ3) is 2.95. The average Bonchev–Trinajstić information content (AvgIpc) is 2.76. The number of hydrogen-bond donors (Lipinski definition) is 0. The Morgan fingerprint density at radius 1 is 1.18 bits per heavy atom. The van der Waals surface area contributed by atoms with Gasteiger partial charge < -0.3 is 0 Å². The van der Waals surface area contributed by atoms with E-state index in [1.54, 1.807) is 0 Å². The fourth-order valence-electron chi connectivity index (χ4n) is 3.05. The van der Waals surface area contributed by atoms with Crippen molar-refractivity contribution >= 4 is 5.57 Å². The minimum atomic E-state index is -0.400. The molecule has 1 aromatic rings. The molecule has 0 bridgehead atoms. The Balaban J connectivity index is 1.95. The predicted octanol–water partition coefficient (Wildman–Crippen LogP) is 4.49. The van der Waals surface area contributed by atoms with Crippen LogP contribution in [-0.4, -0.2) is 24.0 Å². The van der Waals surface area contributed by atoms with E-state index in [1.807, 2.05) is 18.2 Å². The highest BCUT2D eigenvalue weighted by molar-refractivity contribution is 5.71. The predicted molar refractivity (Wildman–Crippen MR) is 86.4 cm³/mol. The van der Waals surface area contributed by atoms with Crippen molar-refractivity contribution in [2.45, 2.75) is 19.4 Å². The van der Waals surface area contributed by atoms with Crippen LogP contribution in [0, 0.1) is 11.6 Å². The molecule has 0 N–H and O–H groups in total. The highest BCUT2D eigenvalue weighted by Crippen LogP contribution is 2.31. The van der Waals surface area contributed by atoms with Gasteiger partial charge in [0.1, 0.15) is 11.6 Å². The van der Waals surface area contributed by atoms with Crippen LogP contribution >= 0.6 is 0 Å². The summed E-state index contributed by atoms with van der Waals surface area (Å²) in [5.41, 5.74) is 2.52. The lowest BCUT2D eigenvalue weighted by atomic mass is 10.0. The number of nitrogens with zero attached hydrogens (tertiary/aromatic N) is 1. The maximum atomic E-state index is 14.0. The van der Waals surface area contributed by atoms with Crippen LogP contribution < -0.4 is 0 Å². The minimum absolute atomic E-state index is 0.148. The smallest absolute Gasteiger partial charge is 0.130 e. The van der Waals surface area contributed by atoms with Crippen molar-refractivity contribution in [3.63, 3.8) is 0 Å². The SMILES string of the molecule is CCN1CC(c2cc(F)ccc2F)=C[C@H]1C1=CC=CC=CC1. The molecular weight excluding hydrogens is 280 g/mol. The van der Waals surface area contributed by atoms with Gasteiger partial charge in [-0.3, -0.25) is 4.90 Å². The van der Waals surface area contributed by atoms with Gasteiger partial charge in [-0.1, -0.05) is 43.4 Å². The van der Waals surface area contributed by atoms with Gasteiger partial charge in [0.2, 0.25) is 0 Å². The summed E-state index contributed by atoms with van der Waals surface area (Å²) in [5.74, 6) is -0.762. The lowest BCUT2D eigenvalue weighted by Gasteiger charge is -2.24. The Labute approximate surface area is 129 Å². The molecule has 1 aromatic carbocycles. The molecule has 0 amide bonds. The number of allylic oxidation sites excluding steroid dienone is 5. The van der Waals surface area contributed by atoms with Crippen molar-refractivity contribution in [3.05, 3.63) is 77.4 Å². The normalized spacial score (nSPS) is 21.7. The highest BCUT2D eigenvalue weighted by atomic mass is 19.1. The number of halogens is 2. The zero-order chi connectivity index (χ0) is 15.5. The molecule has 0 saturated heterocycles. The van der Waals surface area contributed by atoms with Crippen LogP contribution in [0.3, 0.4) is 0 Å². The van der Waals surface area contributed by atoms with Crippen LogP contribution in [0.2, 0.25) is 0 Å². The van der Waals surface area contributed by atoms with E-state index >= 15 is 0 Å². The molecule has 114 valence electrons. The summed E-state index contributed by atoms with van der Waals surface area (Å²) >= 11 is 0. The van der Waals surface area contributed by atoms with Crippen molar-refractivity contribution in [1.82, 2.24) is 4.90 Å². The molecule has 0 fully saturated rings. The van der Waals surface area contributed by atoms with Crippen molar-refractivity contribution < 1.29 is 8.78 Å². The molecule has 1 aliphatic carbocycles. The molecule has 1 atom stereocenters. The summed E-state index contributed by atoms with van der Waals surface area (Å²) in [7, 11) is 0. The zero-order valence-corrected chi connectivity index (χ0v) is 12.6. The van der Waals surface area contributed by atoms with Gasteiger partial charge in [-0.2, -0.15) is 0 Å². The Bertz CT molecular complexity index is 683. The van der Waals surface area contributed by atoms with Crippen LogP contribution in [0.5, 0.6) is 0 Å². The monoisotopic (exact) mass is 299 g/mol. The van der Waals surface area contributed by atoms with Gasteiger partial charge >= 0.3 is 0 Å². The lowest BCUT2D eigenvalue weighted by Crippen LogP contribution is -2.31. The number of likely N-dealkylation sites (N-methyl/N-ethyl adjacent to an activating group) is 1. The molecule has 1 nitrogen and oxygen atoms in total. The van der Waals surface area contributed by atoms with Crippen LogP contribution in [0.15, 0.2) is 60.2 Å². The molecule has 3 rings (SSSR count). The van der Waals surface area contributed by atoms with Gasteiger partial charge in [0.05, 0.1) is 6.04 Å². The lowest BCUT2D eigenvalue weighted by molar-refractivity contribution is 0.313. The van der Waals surface area contributed by atoms with E-state index in [4.69, 9.17) is 0 Å². The molecule has 2 aliphatic rings. The summed E-state index contributed by atoms with van der Waals surface area (Å²) in [6.07, 6.45) is 13.3. The second kappa shape index (κ2) is 6.41. The largest absolute Gasteiger partial charge is 0.289 e. The summed E-state index contributed by atoms with van der Waals surface area (Å²) in [5, 5.41) is 0. The van der Waals surface area contributed by atoms with E-state index in [2.05, 4.69) is 30.1 Å². The van der Waals surface area contributed by atoms with Gasteiger partial charge in [0, 0.05) is 12.1 Å². The first-order valence-electron chi connectivity index (χ1n) is 7.61. The topological polar surface area (TPSA) is 3.24 Å². The summed E-state index contributed by atoms with van der Waals surface area (Å²) < 4.78 is 27.5. The third-order valence-electron chi connectivity index (χ3n) is 4.21. The van der Waals surface area contributed by atoms with E-state index in [-0.39, 0.29) is 11.9 Å². The van der Waals surface area contributed by atoms with Crippen molar-refractivity contribution in [2.24, 2.45) is 0 Å². The van der Waals surface area contributed by atoms with Gasteiger partial charge in [-0.15, -0.1) is 0 Å². The second-order valence-corrected chi connectivity index (χ2v) is 5.58. The van der Waals surface area contributed by atoms with Crippen LogP contribution in [0.4, 0.5) is 8.78 Å². The second-order valence-electron chi connectivity index (χ2n) is 5.58.